The minimum Gasteiger partial charge on any atom is -0.465 e. The van der Waals surface area contributed by atoms with E-state index in [0.29, 0.717) is 28.1 Å². The lowest BCUT2D eigenvalue weighted by Gasteiger charge is -2.10. The standard InChI is InChI=1S/C21H21N3O4/c1-12-19(20(21(27)28-3)13(2)24(12)14-8-9-14)18(26)11-23-16-7-5-4-6-15(16)17(25)10-22-23/h4-7,10,14H,8-9,11H2,1-3H3. The van der Waals surface area contributed by atoms with Crippen LogP contribution in [0.15, 0.2) is 35.3 Å². The lowest BCUT2D eigenvalue weighted by Crippen LogP contribution is -2.19. The predicted molar refractivity (Wildman–Crippen MR) is 104 cm³/mol. The molecule has 1 aliphatic carbocycles. The minimum absolute atomic E-state index is 0.0697. The molecule has 28 heavy (non-hydrogen) atoms. The highest BCUT2D eigenvalue weighted by molar-refractivity contribution is 6.08. The van der Waals surface area contributed by atoms with Crippen molar-refractivity contribution in [1.29, 1.82) is 0 Å². The molecule has 4 rings (SSSR count). The Labute approximate surface area is 161 Å². The molecule has 3 aromatic rings. The average molecular weight is 379 g/mol. The van der Waals surface area contributed by atoms with Crippen LogP contribution in [0.2, 0.25) is 0 Å². The summed E-state index contributed by atoms with van der Waals surface area (Å²) in [5, 5.41) is 4.64. The van der Waals surface area contributed by atoms with Crippen LogP contribution in [0.4, 0.5) is 0 Å². The number of hydrogen-bond acceptors (Lipinski definition) is 5. The Balaban J connectivity index is 1.81. The Morgan fingerprint density at radius 1 is 1.14 bits per heavy atom. The highest BCUT2D eigenvalue weighted by Crippen LogP contribution is 2.40. The van der Waals surface area contributed by atoms with Gasteiger partial charge in [0.25, 0.3) is 0 Å². The Morgan fingerprint density at radius 2 is 1.82 bits per heavy atom. The van der Waals surface area contributed by atoms with Crippen molar-refractivity contribution in [3.8, 4) is 0 Å². The molecule has 1 saturated carbocycles. The van der Waals surface area contributed by atoms with Crippen molar-refractivity contribution in [2.24, 2.45) is 0 Å². The first-order valence-electron chi connectivity index (χ1n) is 9.21. The van der Waals surface area contributed by atoms with Crippen molar-refractivity contribution in [2.75, 3.05) is 7.11 Å². The summed E-state index contributed by atoms with van der Waals surface area (Å²) in [6, 6.07) is 7.36. The number of benzene rings is 1. The number of esters is 1. The molecule has 0 bridgehead atoms. The monoisotopic (exact) mass is 379 g/mol. The fourth-order valence-corrected chi connectivity index (χ4v) is 3.93. The number of hydrogen-bond donors (Lipinski definition) is 0. The van der Waals surface area contributed by atoms with E-state index in [-0.39, 0.29) is 17.8 Å². The van der Waals surface area contributed by atoms with E-state index < -0.39 is 5.97 Å². The normalized spacial score (nSPS) is 13.7. The molecule has 0 radical (unpaired) electrons. The molecule has 7 nitrogen and oxygen atoms in total. The molecular formula is C21H21N3O4. The van der Waals surface area contributed by atoms with Crippen LogP contribution in [0.25, 0.3) is 10.9 Å². The van der Waals surface area contributed by atoms with Crippen molar-refractivity contribution in [3.05, 3.63) is 63.2 Å². The fourth-order valence-electron chi connectivity index (χ4n) is 3.93. The van der Waals surface area contributed by atoms with E-state index in [0.717, 1.165) is 24.2 Å². The molecule has 1 aromatic carbocycles. The average Bonchev–Trinajstić information content (AvgIpc) is 3.48. The fraction of sp³-hybridized carbons (Fsp3) is 0.333. The summed E-state index contributed by atoms with van der Waals surface area (Å²) in [7, 11) is 1.32. The number of rotatable bonds is 5. The van der Waals surface area contributed by atoms with E-state index in [9.17, 15) is 14.4 Å². The maximum absolute atomic E-state index is 13.3. The molecule has 0 aliphatic heterocycles. The van der Waals surface area contributed by atoms with E-state index in [2.05, 4.69) is 9.67 Å². The largest absolute Gasteiger partial charge is 0.465 e. The van der Waals surface area contributed by atoms with E-state index in [4.69, 9.17) is 4.74 Å². The zero-order chi connectivity index (χ0) is 20.0. The van der Waals surface area contributed by atoms with Gasteiger partial charge in [0.05, 0.1) is 30.0 Å². The smallest absolute Gasteiger partial charge is 0.340 e. The van der Waals surface area contributed by atoms with Crippen LogP contribution in [-0.4, -0.2) is 33.2 Å². The van der Waals surface area contributed by atoms with Gasteiger partial charge in [-0.3, -0.25) is 14.3 Å². The number of Topliss-reactive ketones (excluding diaryl/α,β-unsaturated/α-hetero) is 1. The number of aromatic nitrogens is 3. The van der Waals surface area contributed by atoms with Crippen LogP contribution in [0.5, 0.6) is 0 Å². The second-order valence-electron chi connectivity index (χ2n) is 7.12. The van der Waals surface area contributed by atoms with E-state index in [1.807, 2.05) is 13.8 Å². The molecule has 0 spiro atoms. The zero-order valence-corrected chi connectivity index (χ0v) is 16.1. The summed E-state index contributed by atoms with van der Waals surface area (Å²) >= 11 is 0. The van der Waals surface area contributed by atoms with Gasteiger partial charge >= 0.3 is 5.97 Å². The number of ketones is 1. The van der Waals surface area contributed by atoms with Crippen molar-refractivity contribution < 1.29 is 14.3 Å². The molecule has 0 unspecified atom stereocenters. The van der Waals surface area contributed by atoms with Crippen LogP contribution >= 0.6 is 0 Å². The third kappa shape index (κ3) is 2.83. The first kappa shape index (κ1) is 18.2. The second-order valence-corrected chi connectivity index (χ2v) is 7.12. The van der Waals surface area contributed by atoms with Gasteiger partial charge in [0.1, 0.15) is 6.54 Å². The SMILES string of the molecule is COC(=O)c1c(C(=O)Cn2ncc(=O)c3ccccc32)c(C)n(C2CC2)c1C. The van der Waals surface area contributed by atoms with Gasteiger partial charge in [-0.15, -0.1) is 0 Å². The Hall–Kier alpha value is -3.22. The summed E-state index contributed by atoms with van der Waals surface area (Å²) in [6.07, 6.45) is 3.29. The van der Waals surface area contributed by atoms with Gasteiger partial charge in [-0.2, -0.15) is 5.10 Å². The molecule has 0 saturated heterocycles. The minimum atomic E-state index is -0.513. The molecule has 0 amide bonds. The maximum Gasteiger partial charge on any atom is 0.340 e. The molecule has 0 N–H and O–H groups in total. The summed E-state index contributed by atoms with van der Waals surface area (Å²) in [6.45, 7) is 3.64. The van der Waals surface area contributed by atoms with Gasteiger partial charge < -0.3 is 9.30 Å². The highest BCUT2D eigenvalue weighted by Gasteiger charge is 2.34. The van der Waals surface area contributed by atoms with Crippen LogP contribution in [-0.2, 0) is 11.3 Å². The van der Waals surface area contributed by atoms with Crippen molar-refractivity contribution >= 4 is 22.7 Å². The number of methoxy groups -OCH3 is 1. The molecule has 7 heteroatoms. The highest BCUT2D eigenvalue weighted by atomic mass is 16.5. The predicted octanol–water partition coefficient (Wildman–Crippen LogP) is 2.82. The van der Waals surface area contributed by atoms with Gasteiger partial charge in [0.2, 0.25) is 5.43 Å². The molecule has 2 aromatic heterocycles. The summed E-state index contributed by atoms with van der Waals surface area (Å²) in [4.78, 5) is 37.7. The van der Waals surface area contributed by atoms with Crippen LogP contribution in [0.1, 0.15) is 51.0 Å². The summed E-state index contributed by atoms with van der Waals surface area (Å²) < 4.78 is 8.51. The topological polar surface area (TPSA) is 83.2 Å². The number of fused-ring (bicyclic) bond motifs is 1. The molecule has 0 atom stereocenters. The van der Waals surface area contributed by atoms with Crippen LogP contribution in [0.3, 0.4) is 0 Å². The Bertz CT molecular complexity index is 1170. The zero-order valence-electron chi connectivity index (χ0n) is 16.1. The van der Waals surface area contributed by atoms with E-state index >= 15 is 0 Å². The Kier molecular flexibility index (Phi) is 4.37. The lowest BCUT2D eigenvalue weighted by atomic mass is 10.0. The van der Waals surface area contributed by atoms with Gasteiger partial charge in [0, 0.05) is 22.8 Å². The van der Waals surface area contributed by atoms with Gasteiger partial charge in [-0.05, 0) is 38.8 Å². The van der Waals surface area contributed by atoms with Crippen molar-refractivity contribution in [1.82, 2.24) is 14.3 Å². The lowest BCUT2D eigenvalue weighted by molar-refractivity contribution is 0.0596. The number of para-hydroxylation sites is 1. The number of carbonyl (C=O) groups excluding carboxylic acids is 2. The van der Waals surface area contributed by atoms with Crippen LogP contribution < -0.4 is 5.43 Å². The van der Waals surface area contributed by atoms with E-state index in [1.165, 1.54) is 18.0 Å². The molecule has 1 aliphatic rings. The molecular weight excluding hydrogens is 358 g/mol. The molecule has 2 heterocycles. The maximum atomic E-state index is 13.3. The van der Waals surface area contributed by atoms with Crippen LogP contribution in [0, 0.1) is 13.8 Å². The Morgan fingerprint density at radius 3 is 2.50 bits per heavy atom. The van der Waals surface area contributed by atoms with Gasteiger partial charge in [-0.25, -0.2) is 4.79 Å². The number of ether oxygens (including phenoxy) is 1. The quantitative estimate of drug-likeness (QED) is 0.503. The number of carbonyl (C=O) groups is 2. The van der Waals surface area contributed by atoms with E-state index in [1.54, 1.807) is 24.3 Å². The van der Waals surface area contributed by atoms with Crippen molar-refractivity contribution in [3.63, 3.8) is 0 Å². The molecule has 144 valence electrons. The molecule has 1 fully saturated rings. The van der Waals surface area contributed by atoms with Gasteiger partial charge in [-0.1, -0.05) is 12.1 Å². The first-order valence-corrected chi connectivity index (χ1v) is 9.21. The van der Waals surface area contributed by atoms with Crippen molar-refractivity contribution in [2.45, 2.75) is 39.3 Å². The number of nitrogens with zero attached hydrogens (tertiary/aromatic N) is 3. The summed E-state index contributed by atoms with van der Waals surface area (Å²) in [5.74, 6) is -0.747. The third-order valence-corrected chi connectivity index (χ3v) is 5.33. The van der Waals surface area contributed by atoms with Gasteiger partial charge in [0.15, 0.2) is 5.78 Å². The first-order chi connectivity index (χ1) is 13.4. The second kappa shape index (κ2) is 6.74. The summed E-state index contributed by atoms with van der Waals surface area (Å²) in [5.41, 5.74) is 2.62. The third-order valence-electron chi connectivity index (χ3n) is 5.33.